The number of fused-ring (bicyclic) bond motifs is 8. The van der Waals surface area contributed by atoms with Crippen LogP contribution in [0, 0.1) is 0 Å². The molecule has 0 aliphatic heterocycles. The SMILES string of the molecule is c1ccc2c(c1)sc1c2c2cccc3c4ccccc4n1c32. The molecule has 102 valence electrons. The van der Waals surface area contributed by atoms with Crippen molar-refractivity contribution in [2.75, 3.05) is 0 Å². The number of hydrogen-bond donors (Lipinski definition) is 0. The minimum atomic E-state index is 1.32. The molecule has 0 unspecified atom stereocenters. The predicted octanol–water partition coefficient (Wildman–Crippen LogP) is 6.05. The molecular formula is C20H11NS. The summed E-state index contributed by atoms with van der Waals surface area (Å²) in [4.78, 5) is 1.37. The Morgan fingerprint density at radius 3 is 2.32 bits per heavy atom. The summed E-state index contributed by atoms with van der Waals surface area (Å²) in [6.45, 7) is 0. The van der Waals surface area contributed by atoms with E-state index in [1.54, 1.807) is 0 Å². The van der Waals surface area contributed by atoms with Crippen LogP contribution >= 0.6 is 11.3 Å². The standard InChI is InChI=1S/C20H11NS/c1-3-10-16-12(6-1)13-8-5-9-15-18-14-7-2-4-11-17(14)22-20(18)21(16)19(13)15/h1-11H. The van der Waals surface area contributed by atoms with Crippen LogP contribution in [0.1, 0.15) is 0 Å². The molecule has 0 saturated carbocycles. The van der Waals surface area contributed by atoms with E-state index >= 15 is 0 Å². The van der Waals surface area contributed by atoms with E-state index in [1.807, 2.05) is 11.3 Å². The highest BCUT2D eigenvalue weighted by Crippen LogP contribution is 2.44. The molecule has 3 aromatic heterocycles. The average molecular weight is 297 g/mol. The molecule has 0 bridgehead atoms. The maximum absolute atomic E-state index is 2.46. The highest BCUT2D eigenvalue weighted by Gasteiger charge is 2.19. The maximum Gasteiger partial charge on any atom is 0.109 e. The van der Waals surface area contributed by atoms with E-state index in [9.17, 15) is 0 Å². The largest absolute Gasteiger partial charge is 0.299 e. The van der Waals surface area contributed by atoms with Crippen molar-refractivity contribution in [3.63, 3.8) is 0 Å². The van der Waals surface area contributed by atoms with E-state index < -0.39 is 0 Å². The van der Waals surface area contributed by atoms with Crippen molar-refractivity contribution in [2.24, 2.45) is 0 Å². The summed E-state index contributed by atoms with van der Waals surface area (Å²) in [7, 11) is 0. The van der Waals surface area contributed by atoms with Gasteiger partial charge in [0.15, 0.2) is 0 Å². The lowest BCUT2D eigenvalue weighted by atomic mass is 10.1. The van der Waals surface area contributed by atoms with E-state index in [2.05, 4.69) is 71.1 Å². The van der Waals surface area contributed by atoms with Crippen molar-refractivity contribution < 1.29 is 0 Å². The van der Waals surface area contributed by atoms with Crippen molar-refractivity contribution in [3.8, 4) is 0 Å². The summed E-state index contributed by atoms with van der Waals surface area (Å²) in [5.74, 6) is 0. The Labute approximate surface area is 130 Å². The molecule has 22 heavy (non-hydrogen) atoms. The van der Waals surface area contributed by atoms with Gasteiger partial charge in [-0.3, -0.25) is 4.40 Å². The minimum absolute atomic E-state index is 1.32. The van der Waals surface area contributed by atoms with Gasteiger partial charge in [-0.05, 0) is 12.1 Å². The molecule has 2 heteroatoms. The Morgan fingerprint density at radius 2 is 1.36 bits per heavy atom. The van der Waals surface area contributed by atoms with E-state index in [1.165, 1.54) is 47.5 Å². The van der Waals surface area contributed by atoms with Gasteiger partial charge in [0.1, 0.15) is 4.83 Å². The fraction of sp³-hybridized carbons (Fsp3) is 0. The normalized spacial score (nSPS) is 12.5. The zero-order valence-corrected chi connectivity index (χ0v) is 12.5. The molecule has 1 nitrogen and oxygen atoms in total. The number of nitrogens with zero attached hydrogens (tertiary/aromatic N) is 1. The van der Waals surface area contributed by atoms with Crippen LogP contribution in [0.4, 0.5) is 0 Å². The van der Waals surface area contributed by atoms with Crippen molar-refractivity contribution in [3.05, 3.63) is 66.7 Å². The minimum Gasteiger partial charge on any atom is -0.299 e. The number of para-hydroxylation sites is 2. The summed E-state index contributed by atoms with van der Waals surface area (Å²) < 4.78 is 3.83. The van der Waals surface area contributed by atoms with E-state index in [0.717, 1.165) is 0 Å². The highest BCUT2D eigenvalue weighted by atomic mass is 32.1. The second-order valence-electron chi connectivity index (χ2n) is 5.83. The Bertz CT molecular complexity index is 1310. The number of aromatic nitrogens is 1. The zero-order chi connectivity index (χ0) is 14.3. The summed E-state index contributed by atoms with van der Waals surface area (Å²) in [6.07, 6.45) is 0. The van der Waals surface area contributed by atoms with Gasteiger partial charge >= 0.3 is 0 Å². The van der Waals surface area contributed by atoms with Gasteiger partial charge in [0.05, 0.1) is 11.0 Å². The summed E-state index contributed by atoms with van der Waals surface area (Å²) in [5.41, 5.74) is 2.69. The summed E-state index contributed by atoms with van der Waals surface area (Å²) in [5, 5.41) is 6.87. The Balaban J connectivity index is 2.10. The molecule has 0 saturated heterocycles. The first kappa shape index (κ1) is 11.0. The van der Waals surface area contributed by atoms with E-state index in [-0.39, 0.29) is 0 Å². The van der Waals surface area contributed by atoms with Gasteiger partial charge in [0.25, 0.3) is 0 Å². The van der Waals surface area contributed by atoms with Crippen molar-refractivity contribution in [1.82, 2.24) is 4.40 Å². The lowest BCUT2D eigenvalue weighted by Crippen LogP contribution is -1.75. The molecule has 0 fully saturated rings. The molecule has 3 heterocycles. The molecule has 0 spiro atoms. The smallest absolute Gasteiger partial charge is 0.109 e. The Hall–Kier alpha value is -2.58. The molecule has 6 rings (SSSR count). The fourth-order valence-electron chi connectivity index (χ4n) is 3.88. The maximum atomic E-state index is 2.46. The Morgan fingerprint density at radius 1 is 0.636 bits per heavy atom. The molecule has 0 radical (unpaired) electrons. The first-order chi connectivity index (χ1) is 10.9. The van der Waals surface area contributed by atoms with Gasteiger partial charge < -0.3 is 0 Å². The monoisotopic (exact) mass is 297 g/mol. The lowest BCUT2D eigenvalue weighted by molar-refractivity contribution is 1.40. The molecule has 0 N–H and O–H groups in total. The number of benzene rings is 3. The van der Waals surface area contributed by atoms with Crippen LogP contribution in [-0.2, 0) is 0 Å². The molecule has 3 aromatic carbocycles. The topological polar surface area (TPSA) is 4.41 Å². The van der Waals surface area contributed by atoms with E-state index in [4.69, 9.17) is 0 Å². The third kappa shape index (κ3) is 1.10. The quantitative estimate of drug-likeness (QED) is 0.321. The van der Waals surface area contributed by atoms with Crippen LogP contribution in [0.5, 0.6) is 0 Å². The molecule has 0 aliphatic rings. The second-order valence-corrected chi connectivity index (χ2v) is 6.86. The number of hydrogen-bond acceptors (Lipinski definition) is 1. The summed E-state index contributed by atoms with van der Waals surface area (Å²) >= 11 is 1.90. The zero-order valence-electron chi connectivity index (χ0n) is 11.7. The molecule has 6 aromatic rings. The Kier molecular flexibility index (Phi) is 1.81. The second kappa shape index (κ2) is 3.60. The summed E-state index contributed by atoms with van der Waals surface area (Å²) in [6, 6.07) is 24.2. The van der Waals surface area contributed by atoms with Crippen molar-refractivity contribution >= 4 is 58.8 Å². The predicted molar refractivity (Wildman–Crippen MR) is 96.5 cm³/mol. The van der Waals surface area contributed by atoms with Crippen LogP contribution in [0.25, 0.3) is 47.5 Å². The third-order valence-electron chi connectivity index (χ3n) is 4.74. The van der Waals surface area contributed by atoms with Crippen LogP contribution in [0.2, 0.25) is 0 Å². The fourth-order valence-corrected chi connectivity index (χ4v) is 5.12. The average Bonchev–Trinajstić information content (AvgIpc) is 3.19. The lowest BCUT2D eigenvalue weighted by Gasteiger charge is -1.93. The van der Waals surface area contributed by atoms with Gasteiger partial charge in [-0.15, -0.1) is 11.3 Å². The van der Waals surface area contributed by atoms with Crippen LogP contribution in [0.15, 0.2) is 66.7 Å². The van der Waals surface area contributed by atoms with Crippen molar-refractivity contribution in [2.45, 2.75) is 0 Å². The number of thiophene rings is 1. The van der Waals surface area contributed by atoms with Crippen LogP contribution < -0.4 is 0 Å². The molecule has 0 amide bonds. The van der Waals surface area contributed by atoms with Gasteiger partial charge in [-0.2, -0.15) is 0 Å². The first-order valence-electron chi connectivity index (χ1n) is 7.48. The molecular weight excluding hydrogens is 286 g/mol. The van der Waals surface area contributed by atoms with Gasteiger partial charge in [-0.25, -0.2) is 0 Å². The number of rotatable bonds is 0. The van der Waals surface area contributed by atoms with Gasteiger partial charge in [0, 0.05) is 31.6 Å². The van der Waals surface area contributed by atoms with Gasteiger partial charge in [-0.1, -0.05) is 54.6 Å². The molecule has 0 aliphatic carbocycles. The van der Waals surface area contributed by atoms with Gasteiger partial charge in [0.2, 0.25) is 0 Å². The highest BCUT2D eigenvalue weighted by molar-refractivity contribution is 7.25. The van der Waals surface area contributed by atoms with Crippen LogP contribution in [0.3, 0.4) is 0 Å². The molecule has 0 atom stereocenters. The third-order valence-corrected chi connectivity index (χ3v) is 5.90. The first-order valence-corrected chi connectivity index (χ1v) is 8.29. The van der Waals surface area contributed by atoms with Crippen LogP contribution in [-0.4, -0.2) is 4.40 Å². The van der Waals surface area contributed by atoms with Crippen molar-refractivity contribution in [1.29, 1.82) is 0 Å². The van der Waals surface area contributed by atoms with E-state index in [0.29, 0.717) is 0 Å².